The number of nitrogens with one attached hydrogen (secondary N) is 1. The zero-order valence-electron chi connectivity index (χ0n) is 17.5. The monoisotopic (exact) mass is 438 g/mol. The molecule has 0 radical (unpaired) electrons. The molecule has 0 aliphatic rings. The van der Waals surface area contributed by atoms with Gasteiger partial charge in [-0.2, -0.15) is 4.73 Å². The van der Waals surface area contributed by atoms with Crippen LogP contribution in [0.3, 0.4) is 0 Å². The summed E-state index contributed by atoms with van der Waals surface area (Å²) in [7, 11) is 0. The van der Waals surface area contributed by atoms with Crippen LogP contribution in [0.2, 0.25) is 0 Å². The largest absolute Gasteiger partial charge is 0.429 e. The van der Waals surface area contributed by atoms with Gasteiger partial charge < -0.3 is 14.8 Å². The van der Waals surface area contributed by atoms with Gasteiger partial charge >= 0.3 is 0 Å². The smallest absolute Gasteiger partial charge is 0.295 e. The third kappa shape index (κ3) is 4.07. The van der Waals surface area contributed by atoms with Crippen LogP contribution in [-0.2, 0) is 5.54 Å². The van der Waals surface area contributed by atoms with Crippen LogP contribution in [0.25, 0.3) is 22.8 Å². The van der Waals surface area contributed by atoms with E-state index in [0.717, 1.165) is 12.4 Å². The number of carbonyl (C=O) groups is 1. The molecule has 0 unspecified atom stereocenters. The molecular formula is C22H20F2N6O2. The Bertz CT molecular complexity index is 1360. The summed E-state index contributed by atoms with van der Waals surface area (Å²) in [6, 6.07) is 7.09. The summed E-state index contributed by atoms with van der Waals surface area (Å²) in [5.41, 5.74) is 1.53. The van der Waals surface area contributed by atoms with E-state index in [-0.39, 0.29) is 22.4 Å². The van der Waals surface area contributed by atoms with Crippen LogP contribution in [0, 0.1) is 11.6 Å². The van der Waals surface area contributed by atoms with Crippen molar-refractivity contribution >= 4 is 5.91 Å². The molecule has 164 valence electrons. The van der Waals surface area contributed by atoms with E-state index < -0.39 is 11.7 Å². The number of aromatic nitrogens is 5. The van der Waals surface area contributed by atoms with E-state index in [0.29, 0.717) is 27.5 Å². The van der Waals surface area contributed by atoms with Crippen molar-refractivity contribution in [1.29, 1.82) is 0 Å². The number of aromatic amines is 1. The number of pyridine rings is 1. The molecule has 8 nitrogen and oxygen atoms in total. The highest BCUT2D eigenvalue weighted by Gasteiger charge is 2.25. The van der Waals surface area contributed by atoms with Crippen LogP contribution in [0.5, 0.6) is 0 Å². The minimum absolute atomic E-state index is 0.0480. The Labute approximate surface area is 181 Å². The van der Waals surface area contributed by atoms with Crippen LogP contribution >= 0.6 is 0 Å². The molecule has 0 saturated heterocycles. The number of carbonyl (C=O) groups excluding carboxylic acids is 1. The molecule has 4 aromatic rings. The highest BCUT2D eigenvalue weighted by atomic mass is 19.1. The van der Waals surface area contributed by atoms with E-state index in [1.165, 1.54) is 24.4 Å². The van der Waals surface area contributed by atoms with E-state index in [2.05, 4.69) is 19.9 Å². The molecule has 3 aromatic heterocycles. The normalized spacial score (nSPS) is 12.3. The molecule has 0 fully saturated rings. The number of halogens is 2. The maximum atomic E-state index is 13.9. The Hall–Kier alpha value is -4.08. The molecule has 3 heterocycles. The molecule has 4 rings (SSSR count). The average molecular weight is 438 g/mol. The Morgan fingerprint density at radius 2 is 1.84 bits per heavy atom. The number of hydrogen-bond donors (Lipinski definition) is 2. The first-order valence-corrected chi connectivity index (χ1v) is 9.69. The quantitative estimate of drug-likeness (QED) is 0.476. The van der Waals surface area contributed by atoms with Crippen molar-refractivity contribution in [3.05, 3.63) is 77.9 Å². The van der Waals surface area contributed by atoms with Crippen molar-refractivity contribution in [1.82, 2.24) is 24.2 Å². The first kappa shape index (κ1) is 21.2. The summed E-state index contributed by atoms with van der Waals surface area (Å²) in [6.45, 7) is 5.97. The van der Waals surface area contributed by atoms with Crippen LogP contribution < -0.4 is 5.36 Å². The fourth-order valence-electron chi connectivity index (χ4n) is 3.16. The molecule has 0 aliphatic carbocycles. The molecule has 0 spiro atoms. The molecule has 0 atom stereocenters. The van der Waals surface area contributed by atoms with E-state index in [9.17, 15) is 18.8 Å². The summed E-state index contributed by atoms with van der Waals surface area (Å²) in [5.74, 6) is -1.59. The maximum absolute atomic E-state index is 13.9. The van der Waals surface area contributed by atoms with Crippen molar-refractivity contribution in [2.75, 3.05) is 0 Å². The highest BCUT2D eigenvalue weighted by molar-refractivity contribution is 5.93. The van der Waals surface area contributed by atoms with Gasteiger partial charge in [-0.15, -0.1) is 0 Å². The van der Waals surface area contributed by atoms with Gasteiger partial charge in [0.15, 0.2) is 11.6 Å². The fourth-order valence-corrected chi connectivity index (χ4v) is 3.16. The zero-order chi connectivity index (χ0) is 23.0. The van der Waals surface area contributed by atoms with E-state index in [1.807, 2.05) is 25.3 Å². The van der Waals surface area contributed by atoms with Gasteiger partial charge in [0.25, 0.3) is 5.91 Å². The second-order valence-electron chi connectivity index (χ2n) is 8.11. The number of H-pyrrole nitrogens is 1. The third-order valence-electron chi connectivity index (χ3n) is 4.74. The Kier molecular flexibility index (Phi) is 5.21. The summed E-state index contributed by atoms with van der Waals surface area (Å²) >= 11 is 0. The van der Waals surface area contributed by atoms with Crippen LogP contribution in [0.4, 0.5) is 8.78 Å². The van der Waals surface area contributed by atoms with Gasteiger partial charge in [-0.3, -0.25) is 4.79 Å². The van der Waals surface area contributed by atoms with Crippen LogP contribution in [0.1, 0.15) is 31.3 Å². The van der Waals surface area contributed by atoms with Gasteiger partial charge in [-0.05, 0) is 51.1 Å². The number of hydrogen-bond acceptors (Lipinski definition) is 4. The van der Waals surface area contributed by atoms with Crippen LogP contribution in [0.15, 0.2) is 60.2 Å². The van der Waals surface area contributed by atoms with E-state index in [4.69, 9.17) is 0 Å². The predicted molar refractivity (Wildman–Crippen MR) is 112 cm³/mol. The van der Waals surface area contributed by atoms with Gasteiger partial charge in [0.05, 0.1) is 24.4 Å². The number of imidazole rings is 2. The molecule has 0 saturated carbocycles. The lowest BCUT2D eigenvalue weighted by Gasteiger charge is -2.23. The number of rotatable bonds is 3. The lowest BCUT2D eigenvalue weighted by atomic mass is 10.1. The van der Waals surface area contributed by atoms with Gasteiger partial charge in [-0.1, -0.05) is 0 Å². The first-order valence-electron chi connectivity index (χ1n) is 9.69. The first-order chi connectivity index (χ1) is 15.1. The number of benzene rings is 1. The topological polar surface area (TPSA) is 101 Å². The van der Waals surface area contributed by atoms with Gasteiger partial charge in [-0.25, -0.2) is 23.7 Å². The molecule has 10 heteroatoms. The van der Waals surface area contributed by atoms with Gasteiger partial charge in [0.1, 0.15) is 22.6 Å². The average Bonchev–Trinajstić information content (AvgIpc) is 3.37. The molecule has 2 N–H and O–H groups in total. The molecule has 0 aliphatic heterocycles. The second kappa shape index (κ2) is 7.88. The standard InChI is InChI=1S/C22H20F2N6O2/c1-22(2,3)30-12-26-18(13-4-6-14(23)7-5-13)19(30)20-25-10-17(27-20)21(31)28-16-8-9-29(32)11-15(16)24/h4-12,32H,1-3H3,(H,25,27). The lowest BCUT2D eigenvalue weighted by molar-refractivity contribution is 0.0993. The number of amides is 1. The highest BCUT2D eigenvalue weighted by Crippen LogP contribution is 2.33. The minimum atomic E-state index is -0.854. The predicted octanol–water partition coefficient (Wildman–Crippen LogP) is 3.75. The third-order valence-corrected chi connectivity index (χ3v) is 4.74. The van der Waals surface area contributed by atoms with Crippen LogP contribution in [-0.4, -0.2) is 35.4 Å². The number of nitrogens with zero attached hydrogens (tertiary/aromatic N) is 5. The summed E-state index contributed by atoms with van der Waals surface area (Å²) in [5, 5.41) is 9.01. The van der Waals surface area contributed by atoms with Gasteiger partial charge in [0.2, 0.25) is 0 Å². The van der Waals surface area contributed by atoms with Crippen molar-refractivity contribution in [3.8, 4) is 22.8 Å². The minimum Gasteiger partial charge on any atom is -0.429 e. The Morgan fingerprint density at radius 1 is 1.12 bits per heavy atom. The van der Waals surface area contributed by atoms with Crippen molar-refractivity contribution in [2.45, 2.75) is 26.3 Å². The van der Waals surface area contributed by atoms with Crippen molar-refractivity contribution < 1.29 is 18.8 Å². The fraction of sp³-hybridized carbons (Fsp3) is 0.182. The molecule has 0 bridgehead atoms. The van der Waals surface area contributed by atoms with E-state index >= 15 is 0 Å². The van der Waals surface area contributed by atoms with Crippen molar-refractivity contribution in [3.63, 3.8) is 0 Å². The summed E-state index contributed by atoms with van der Waals surface area (Å²) in [4.78, 5) is 28.1. The second-order valence-corrected chi connectivity index (χ2v) is 8.11. The Morgan fingerprint density at radius 3 is 2.50 bits per heavy atom. The van der Waals surface area contributed by atoms with Gasteiger partial charge in [0, 0.05) is 17.3 Å². The summed E-state index contributed by atoms with van der Waals surface area (Å²) < 4.78 is 29.7. The molecule has 32 heavy (non-hydrogen) atoms. The maximum Gasteiger partial charge on any atom is 0.295 e. The molecule has 1 amide bonds. The zero-order valence-corrected chi connectivity index (χ0v) is 17.5. The Balaban J connectivity index is 1.79. The summed E-state index contributed by atoms with van der Waals surface area (Å²) in [6.07, 6.45) is 4.92. The molecular weight excluding hydrogens is 418 g/mol. The van der Waals surface area contributed by atoms with Crippen molar-refractivity contribution in [2.24, 2.45) is 4.99 Å². The lowest BCUT2D eigenvalue weighted by Crippen LogP contribution is -2.22. The SMILES string of the molecule is CC(C)(C)n1cnc(-c2ccc(F)cc2)c1-c1ncc(C(=O)N=c2ccn(O)cc2F)[nH]1. The van der Waals surface area contributed by atoms with E-state index in [1.54, 1.807) is 18.5 Å². The molecule has 1 aromatic carbocycles.